The van der Waals surface area contributed by atoms with E-state index in [9.17, 15) is 18.4 Å². The maximum atomic E-state index is 13.2. The first-order valence-corrected chi connectivity index (χ1v) is 28.3. The average molecular weight is 2000 g/mol. The van der Waals surface area contributed by atoms with Gasteiger partial charge in [-0.25, -0.2) is 19.6 Å². The van der Waals surface area contributed by atoms with Crippen molar-refractivity contribution in [1.29, 1.82) is 0 Å². The Hall–Kier alpha value is -9.48. The molecule has 0 fully saturated rings. The molecule has 3 radical (unpaired) electrons. The van der Waals surface area contributed by atoms with Crippen molar-refractivity contribution in [3.63, 3.8) is 0 Å². The van der Waals surface area contributed by atoms with Crippen molar-refractivity contribution in [2.24, 2.45) is 0 Å². The Morgan fingerprint density at radius 2 is 0.835 bits per heavy atom. The molecule has 0 saturated heterocycles. The maximum Gasteiger partial charge on any atom is 0.354 e. The summed E-state index contributed by atoms with van der Waals surface area (Å²) in [6.07, 6.45) is 8.02. The van der Waals surface area contributed by atoms with E-state index in [0.717, 1.165) is 79.4 Å². The SMILES string of the molecule is Fc1c[c-]c(-c2ccccn2)c(F)c1.O=C(O)c1ccccn1.O=C(O)c1ccccn1.[Ir].[Ir].[Pd].[Pt].[Rh].[c-]1ccccc1-c1ccccn1.[c-]1ccccc1-c1ccccn1.[c-]1ccccc1-c1nc2ccccc2n1-c1ccccc1.[c-]1ccccc1-c1nc2ccccc2o1. The third kappa shape index (κ3) is 24.9. The molecule has 20 heteroatoms. The number of halogens is 2. The standard InChI is InChI=1S/C19H13N2.C13H8NO.C11H6F2N.2C11H8N.2C6H5NO2.2Ir.Pd.Pt.Rh/c1-3-9-15(10-4-1)19-20-17-13-7-8-14-18(17)21(19)16-11-5-2-6-12-16;1-2-6-10(7-3-1)13-14-11-8-4-5-9-12(11)15-13;12-8-4-5-9(10(13)7-8)11-3-1-2-6-14-11;2*1-2-6-10(7-3-1)11-8-4-5-9-12-11;2*8-6(9)5-3-1-2-4-7-5;;;;;/h1-9,11-14H;1-6,8-9H;1-4,6-7H;2*1-6,8-9H;2*1-4H,(H,8,9);;;;;/q5*-1;;;;;;;. The molecular formula is C77H53F2Ir2N8O5PdPtRh-5. The van der Waals surface area contributed by atoms with Gasteiger partial charge >= 0.3 is 11.9 Å². The Labute approximate surface area is 627 Å². The Balaban J connectivity index is 0.000000243. The summed E-state index contributed by atoms with van der Waals surface area (Å²) in [4.78, 5) is 49.0. The van der Waals surface area contributed by atoms with Gasteiger partial charge in [-0.05, 0) is 95.9 Å². The fraction of sp³-hybridized carbons (Fsp3) is 0. The quantitative estimate of drug-likeness (QED) is 0.109. The number of hydrogen-bond donors (Lipinski definition) is 2. The molecule has 0 atom stereocenters. The second-order valence-electron chi connectivity index (χ2n) is 18.9. The molecule has 2 N–H and O–H groups in total. The number of oxazole rings is 1. The van der Waals surface area contributed by atoms with Crippen LogP contribution in [0.2, 0.25) is 0 Å². The van der Waals surface area contributed by atoms with Crippen LogP contribution in [-0.4, -0.2) is 61.6 Å². The van der Waals surface area contributed by atoms with Gasteiger partial charge in [-0.1, -0.05) is 108 Å². The number of imidazole rings is 1. The van der Waals surface area contributed by atoms with Gasteiger partial charge in [-0.2, -0.15) is 0 Å². The van der Waals surface area contributed by atoms with Crippen molar-refractivity contribution < 1.29 is 134 Å². The van der Waals surface area contributed by atoms with Crippen molar-refractivity contribution in [1.82, 2.24) is 39.5 Å². The molecule has 0 unspecified atom stereocenters. The Morgan fingerprint density at radius 1 is 0.423 bits per heavy atom. The number of carboxylic acids is 2. The first kappa shape index (κ1) is 80.0. The Bertz CT molecular complexity index is 4430. The minimum Gasteiger partial charge on any atom is -0.481 e. The zero-order valence-electron chi connectivity index (χ0n) is 50.5. The van der Waals surface area contributed by atoms with Crippen LogP contribution in [0.25, 0.3) is 84.4 Å². The first-order chi connectivity index (χ1) is 45.2. The number of aromatic nitrogens is 8. The molecule has 0 aliphatic heterocycles. The summed E-state index contributed by atoms with van der Waals surface area (Å²) in [5, 5.41) is 16.6. The van der Waals surface area contributed by atoms with Crippen LogP contribution in [0, 0.1) is 42.0 Å². The average Bonchev–Trinajstić information content (AvgIpc) is 1.63. The van der Waals surface area contributed by atoms with Crippen molar-refractivity contribution in [3.05, 3.63) is 363 Å². The van der Waals surface area contributed by atoms with Gasteiger partial charge in [0.2, 0.25) is 0 Å². The molecule has 15 rings (SSSR count). The Morgan fingerprint density at radius 3 is 1.26 bits per heavy atom. The summed E-state index contributed by atoms with van der Waals surface area (Å²) in [6, 6.07) is 101. The van der Waals surface area contributed by atoms with E-state index in [1.807, 2.05) is 194 Å². The number of para-hydroxylation sites is 5. The Kier molecular flexibility index (Phi) is 35.9. The number of hydrogen-bond acceptors (Lipinski definition) is 10. The molecule has 7 heterocycles. The monoisotopic (exact) mass is 2000 g/mol. The van der Waals surface area contributed by atoms with Gasteiger partial charge in [-0.3, -0.25) is 18.7 Å². The summed E-state index contributed by atoms with van der Waals surface area (Å²) in [5.74, 6) is -1.73. The molecule has 0 saturated carbocycles. The zero-order chi connectivity index (χ0) is 64.0. The summed E-state index contributed by atoms with van der Waals surface area (Å²) in [5.41, 5.74) is 11.6. The van der Waals surface area contributed by atoms with Crippen LogP contribution in [-0.2, 0) is 101 Å². The van der Waals surface area contributed by atoms with Crippen LogP contribution < -0.4 is 0 Å². The van der Waals surface area contributed by atoms with Gasteiger partial charge in [0.05, 0.1) is 22.4 Å². The molecule has 7 aromatic heterocycles. The van der Waals surface area contributed by atoms with Crippen molar-refractivity contribution in [3.8, 4) is 62.3 Å². The van der Waals surface area contributed by atoms with Crippen molar-refractivity contribution in [2.75, 3.05) is 0 Å². The topological polar surface area (TPSA) is 183 Å². The van der Waals surface area contributed by atoms with E-state index in [1.54, 1.807) is 61.1 Å². The molecule has 0 aliphatic rings. The third-order valence-corrected chi connectivity index (χ3v) is 12.6. The number of carboxylic acid groups (broad SMARTS) is 2. The number of fused-ring (bicyclic) bond motifs is 2. The van der Waals surface area contributed by atoms with Gasteiger partial charge in [0.1, 0.15) is 22.9 Å². The van der Waals surface area contributed by atoms with Gasteiger partial charge < -0.3 is 34.1 Å². The molecule has 0 bridgehead atoms. The van der Waals surface area contributed by atoms with Crippen LogP contribution in [0.4, 0.5) is 8.78 Å². The predicted molar refractivity (Wildman–Crippen MR) is 351 cm³/mol. The van der Waals surface area contributed by atoms with Gasteiger partial charge in [0, 0.05) is 149 Å². The van der Waals surface area contributed by atoms with Crippen LogP contribution >= 0.6 is 0 Å². The molecule has 8 aromatic carbocycles. The zero-order valence-corrected chi connectivity index (χ0v) is 60.8. The minimum atomic E-state index is -0.990. The van der Waals surface area contributed by atoms with Gasteiger partial charge in [-0.15, -0.1) is 150 Å². The van der Waals surface area contributed by atoms with E-state index >= 15 is 0 Å². The van der Waals surface area contributed by atoms with Crippen molar-refractivity contribution in [2.45, 2.75) is 0 Å². The summed E-state index contributed by atoms with van der Waals surface area (Å²) in [7, 11) is 0. The van der Waals surface area contributed by atoms with E-state index < -0.39 is 23.6 Å². The molecular weight excluding hydrogens is 1940 g/mol. The van der Waals surface area contributed by atoms with E-state index in [-0.39, 0.29) is 118 Å². The van der Waals surface area contributed by atoms with Crippen LogP contribution in [0.3, 0.4) is 0 Å². The van der Waals surface area contributed by atoms with Crippen LogP contribution in [0.5, 0.6) is 0 Å². The van der Waals surface area contributed by atoms with Gasteiger partial charge in [0.15, 0.2) is 0 Å². The fourth-order valence-corrected chi connectivity index (χ4v) is 8.37. The van der Waals surface area contributed by atoms with E-state index in [2.05, 4.69) is 83.0 Å². The number of aromatic carboxylic acids is 2. The molecule has 97 heavy (non-hydrogen) atoms. The molecule has 15 aromatic rings. The van der Waals surface area contributed by atoms with Gasteiger partial charge in [0.25, 0.3) is 0 Å². The summed E-state index contributed by atoms with van der Waals surface area (Å²) in [6.45, 7) is 0. The van der Waals surface area contributed by atoms with Crippen LogP contribution in [0.15, 0.2) is 314 Å². The largest absolute Gasteiger partial charge is 0.481 e. The summed E-state index contributed by atoms with van der Waals surface area (Å²) >= 11 is 0. The second kappa shape index (κ2) is 43.6. The van der Waals surface area contributed by atoms with E-state index in [1.165, 1.54) is 24.5 Å². The number of carbonyl (C=O) groups is 2. The normalized spacial score (nSPS) is 9.51. The first-order valence-electron chi connectivity index (χ1n) is 28.3. The number of pyridine rings is 5. The predicted octanol–water partition coefficient (Wildman–Crippen LogP) is 17.3. The van der Waals surface area contributed by atoms with Crippen molar-refractivity contribution >= 4 is 34.1 Å². The van der Waals surface area contributed by atoms with E-state index in [4.69, 9.17) is 19.6 Å². The molecule has 497 valence electrons. The smallest absolute Gasteiger partial charge is 0.354 e. The minimum absolute atomic E-state index is 0. The van der Waals surface area contributed by atoms with Crippen LogP contribution in [0.1, 0.15) is 21.0 Å². The third-order valence-electron chi connectivity index (χ3n) is 12.6. The molecule has 0 spiro atoms. The number of benzene rings is 8. The number of rotatable bonds is 8. The molecule has 0 amide bonds. The second-order valence-corrected chi connectivity index (χ2v) is 18.9. The maximum absolute atomic E-state index is 13.2. The van der Waals surface area contributed by atoms with E-state index in [0.29, 0.717) is 11.6 Å². The molecule has 0 aliphatic carbocycles. The summed E-state index contributed by atoms with van der Waals surface area (Å²) < 4.78 is 33.6. The molecule has 13 nitrogen and oxygen atoms in total. The number of nitrogens with zero attached hydrogens (tertiary/aromatic N) is 8. The fourth-order valence-electron chi connectivity index (χ4n) is 8.37.